The fourth-order valence-electron chi connectivity index (χ4n) is 7.46. The van der Waals surface area contributed by atoms with Crippen LogP contribution in [0.4, 0.5) is 9.18 Å². The van der Waals surface area contributed by atoms with Crippen LogP contribution in [0.2, 0.25) is 0 Å². The molecule has 3 aromatic rings. The fourth-order valence-corrected chi connectivity index (χ4v) is 8.27. The van der Waals surface area contributed by atoms with Crippen molar-refractivity contribution in [3.63, 3.8) is 0 Å². The van der Waals surface area contributed by atoms with Crippen LogP contribution in [0, 0.1) is 25.1 Å². The maximum Gasteiger partial charge on any atom is 0.407 e. The minimum Gasteiger partial charge on any atom is -0.488 e. The molecule has 2 heterocycles. The van der Waals surface area contributed by atoms with Crippen LogP contribution in [0.1, 0.15) is 122 Å². The van der Waals surface area contributed by atoms with Crippen LogP contribution >= 0.6 is 11.3 Å². The molecule has 14 nitrogen and oxygen atoms in total. The van der Waals surface area contributed by atoms with Crippen LogP contribution in [0.15, 0.2) is 41.9 Å². The van der Waals surface area contributed by atoms with Gasteiger partial charge in [-0.2, -0.15) is 0 Å². The van der Waals surface area contributed by atoms with Gasteiger partial charge in [-0.15, -0.1) is 11.3 Å². The topological polar surface area (TPSA) is 205 Å². The molecule has 16 heteroatoms. The van der Waals surface area contributed by atoms with Crippen LogP contribution in [0.5, 0.6) is 5.75 Å². The number of unbranched alkanes of at least 4 members (excludes halogenated alkanes) is 2. The Kier molecular flexibility index (Phi) is 17.8. The molecule has 342 valence electrons. The summed E-state index contributed by atoms with van der Waals surface area (Å²) in [5.41, 5.74) is 9.93. The van der Waals surface area contributed by atoms with E-state index in [2.05, 4.69) is 20.9 Å². The number of halogens is 1. The Morgan fingerprint density at radius 2 is 1.71 bits per heavy atom. The number of benzene rings is 2. The van der Waals surface area contributed by atoms with E-state index in [0.717, 1.165) is 27.3 Å². The highest BCUT2D eigenvalue weighted by atomic mass is 32.1. The van der Waals surface area contributed by atoms with Crippen LogP contribution in [-0.2, 0) is 25.5 Å². The van der Waals surface area contributed by atoms with Gasteiger partial charge in [0.1, 0.15) is 24.5 Å². The number of primary amides is 1. The Morgan fingerprint density at radius 1 is 1.02 bits per heavy atom. The van der Waals surface area contributed by atoms with Gasteiger partial charge in [-0.25, -0.2) is 14.2 Å². The first-order chi connectivity index (χ1) is 29.0. The van der Waals surface area contributed by atoms with Gasteiger partial charge < -0.3 is 41.0 Å². The molecule has 0 bridgehead atoms. The van der Waals surface area contributed by atoms with Crippen LogP contribution in [0.25, 0.3) is 10.4 Å². The molecule has 0 saturated carbocycles. The van der Waals surface area contributed by atoms with E-state index in [4.69, 9.17) is 15.2 Å². The molecule has 1 aliphatic rings. The lowest BCUT2D eigenvalue weighted by Gasteiger charge is -2.37. The summed E-state index contributed by atoms with van der Waals surface area (Å²) < 4.78 is 26.8. The molecule has 1 unspecified atom stereocenters. The van der Waals surface area contributed by atoms with Crippen molar-refractivity contribution in [2.24, 2.45) is 11.1 Å². The minimum atomic E-state index is -1.14. The third-order valence-corrected chi connectivity index (χ3v) is 11.7. The van der Waals surface area contributed by atoms with Gasteiger partial charge >= 0.3 is 6.09 Å². The summed E-state index contributed by atoms with van der Waals surface area (Å²) in [5, 5.41) is 30.9. The van der Waals surface area contributed by atoms with Crippen LogP contribution in [-0.4, -0.2) is 93.1 Å². The average Bonchev–Trinajstić information content (AvgIpc) is 3.79. The van der Waals surface area contributed by atoms with Crippen molar-refractivity contribution in [3.8, 4) is 16.2 Å². The van der Waals surface area contributed by atoms with Crippen molar-refractivity contribution in [3.05, 3.63) is 70.1 Å². The predicted molar refractivity (Wildman–Crippen MR) is 238 cm³/mol. The highest BCUT2D eigenvalue weighted by molar-refractivity contribution is 7.13. The number of ether oxygens (including phenoxy) is 2. The number of rotatable bonds is 20. The molecule has 0 aliphatic carbocycles. The molecular weight excluding hydrogens is 816 g/mol. The van der Waals surface area contributed by atoms with E-state index >= 15 is 4.39 Å². The Bertz CT molecular complexity index is 1980. The number of aryl methyl sites for hydroxylation is 3. The van der Waals surface area contributed by atoms with E-state index in [0.29, 0.717) is 31.2 Å². The third-order valence-electron chi connectivity index (χ3n) is 10.7. The Hall–Kier alpha value is -4.64. The van der Waals surface area contributed by atoms with Gasteiger partial charge in [0, 0.05) is 25.4 Å². The molecule has 6 atom stereocenters. The zero-order valence-corrected chi connectivity index (χ0v) is 38.5. The van der Waals surface area contributed by atoms with E-state index in [1.807, 2.05) is 71.3 Å². The highest BCUT2D eigenvalue weighted by Crippen LogP contribution is 2.31. The second-order valence-corrected chi connectivity index (χ2v) is 19.3. The van der Waals surface area contributed by atoms with Gasteiger partial charge in [-0.1, -0.05) is 57.5 Å². The van der Waals surface area contributed by atoms with Crippen molar-refractivity contribution in [1.82, 2.24) is 25.8 Å². The van der Waals surface area contributed by atoms with Gasteiger partial charge in [0.2, 0.25) is 17.7 Å². The summed E-state index contributed by atoms with van der Waals surface area (Å²) in [6.45, 7) is 16.4. The Morgan fingerprint density at radius 3 is 2.32 bits per heavy atom. The molecule has 62 heavy (non-hydrogen) atoms. The number of alkyl carbamates (subject to hydrolysis) is 1. The first-order valence-electron chi connectivity index (χ1n) is 21.4. The zero-order chi connectivity index (χ0) is 45.9. The van der Waals surface area contributed by atoms with Crippen molar-refractivity contribution in [1.29, 1.82) is 0 Å². The number of hydrogen-bond acceptors (Lipinski definition) is 11. The van der Waals surface area contributed by atoms with Crippen molar-refractivity contribution in [2.75, 3.05) is 13.2 Å². The number of carbonyl (C=O) groups excluding carboxylic acids is 4. The number of aliphatic hydroxyl groups is 2. The number of nitrogens with zero attached hydrogens (tertiary/aromatic N) is 2. The number of hydrogen-bond donors (Lipinski definition) is 6. The van der Waals surface area contributed by atoms with Gasteiger partial charge in [0.25, 0.3) is 0 Å². The molecule has 1 aromatic heterocycles. The maximum atomic E-state index is 15.7. The standard InChI is InChI=1S/C46H67FN6O8S/c1-27-21-32(39(47)36(22-27)60-25-33(19-20-37(48)55)51-44(59)61-46(7,8)9)13-11-10-12-14-38(56)52-41(45(4,5)6)43(58)53-24-34(54)23-35(53)42(57)50-28(2)30-15-17-31(18-16-30)40-29(3)49-26-62-40/h15-18,21-22,26,28,33-35,41-42,50,54,57H,10-14,19-20,23-25H2,1-9H3,(H2,48,55)(H,51,59)(H,52,56)/t28-,33-,34-,35-,41+,42?/m0/s1. The SMILES string of the molecule is Cc1cc(CCCCCC(=O)N[C@H](C(=O)N2C[C@@H](O)C[C@H]2C(O)N[C@@H](C)c2ccc(-c3scnc3C)cc2)C(C)(C)C)c(F)c(OC[C@H](CCC(N)=O)NC(=O)OC(C)(C)C)c1. The number of aromatic nitrogens is 1. The first kappa shape index (κ1) is 50.0. The van der Waals surface area contributed by atoms with Crippen molar-refractivity contribution >= 4 is 35.2 Å². The molecule has 1 aliphatic heterocycles. The number of nitrogens with two attached hydrogens (primary N) is 1. The van der Waals surface area contributed by atoms with Gasteiger partial charge in [0.15, 0.2) is 11.6 Å². The van der Waals surface area contributed by atoms with Crippen LogP contribution in [0.3, 0.4) is 0 Å². The van der Waals surface area contributed by atoms with Gasteiger partial charge in [0.05, 0.1) is 34.3 Å². The molecular formula is C46H67FN6O8S. The molecule has 1 saturated heterocycles. The Labute approximate surface area is 369 Å². The quantitative estimate of drug-likeness (QED) is 0.0547. The van der Waals surface area contributed by atoms with E-state index in [9.17, 15) is 29.4 Å². The number of β-amino-alcohol motifs (C(OH)–C–C–N with tert-alkyl or cyclic N) is 1. The lowest BCUT2D eigenvalue weighted by Crippen LogP contribution is -2.58. The minimum absolute atomic E-state index is 0.00689. The number of thiazole rings is 1. The molecule has 0 spiro atoms. The summed E-state index contributed by atoms with van der Waals surface area (Å²) in [6, 6.07) is 8.80. The second kappa shape index (κ2) is 22.1. The molecule has 2 aromatic carbocycles. The van der Waals surface area contributed by atoms with E-state index in [-0.39, 0.29) is 62.4 Å². The van der Waals surface area contributed by atoms with Crippen molar-refractivity contribution < 1.29 is 43.3 Å². The molecule has 4 amide bonds. The number of aliphatic hydroxyl groups excluding tert-OH is 2. The molecule has 1 fully saturated rings. The number of amides is 4. The number of carbonyl (C=O) groups is 4. The third kappa shape index (κ3) is 15.0. The molecule has 7 N–H and O–H groups in total. The largest absolute Gasteiger partial charge is 0.488 e. The van der Waals surface area contributed by atoms with E-state index in [1.54, 1.807) is 44.2 Å². The van der Waals surface area contributed by atoms with Gasteiger partial charge in [-0.05, 0) is 107 Å². The normalized spacial score (nSPS) is 17.5. The smallest absolute Gasteiger partial charge is 0.407 e. The summed E-state index contributed by atoms with van der Waals surface area (Å²) in [5.74, 6) is -1.73. The number of likely N-dealkylation sites (tertiary alicyclic amines) is 1. The summed E-state index contributed by atoms with van der Waals surface area (Å²) in [4.78, 5) is 58.2. The van der Waals surface area contributed by atoms with Crippen LogP contribution < -0.4 is 26.4 Å². The lowest BCUT2D eigenvalue weighted by molar-refractivity contribution is -0.142. The maximum absolute atomic E-state index is 15.7. The average molecular weight is 883 g/mol. The lowest BCUT2D eigenvalue weighted by atomic mass is 9.85. The monoisotopic (exact) mass is 882 g/mol. The van der Waals surface area contributed by atoms with E-state index in [1.165, 1.54) is 4.90 Å². The van der Waals surface area contributed by atoms with Crippen molar-refractivity contribution in [2.45, 2.75) is 156 Å². The van der Waals surface area contributed by atoms with E-state index < -0.39 is 59.3 Å². The Balaban J connectivity index is 1.29. The second-order valence-electron chi connectivity index (χ2n) is 18.5. The summed E-state index contributed by atoms with van der Waals surface area (Å²) in [6.07, 6.45) is -0.0655. The number of nitrogens with one attached hydrogen (secondary N) is 3. The zero-order valence-electron chi connectivity index (χ0n) is 37.7. The molecule has 0 radical (unpaired) electrons. The fraction of sp³-hybridized carbons (Fsp3) is 0.587. The highest BCUT2D eigenvalue weighted by Gasteiger charge is 2.44. The van der Waals surface area contributed by atoms with Gasteiger partial charge in [-0.3, -0.25) is 19.7 Å². The first-order valence-corrected chi connectivity index (χ1v) is 22.3. The predicted octanol–water partition coefficient (Wildman–Crippen LogP) is 6.37. The summed E-state index contributed by atoms with van der Waals surface area (Å²) in [7, 11) is 0. The summed E-state index contributed by atoms with van der Waals surface area (Å²) >= 11 is 1.58. The molecule has 4 rings (SSSR count).